The third-order valence-corrected chi connectivity index (χ3v) is 16.2. The van der Waals surface area contributed by atoms with Gasteiger partial charge in [-0.15, -0.1) is 0 Å². The molecule has 0 saturated carbocycles. The molecule has 1 rings (SSSR count). The highest BCUT2D eigenvalue weighted by atomic mass is 32.2. The van der Waals surface area contributed by atoms with E-state index >= 15 is 0 Å². The Balaban J connectivity index is 2.11. The number of carbonyl (C=O) groups is 10. The standard InChI is InChI=1S/C60H100N6O21S2/c1-46-25-27-47(28-26-46)58(74)63-33-17-16-22-51(57(61)73)64-56(72)45-87-40-37-84-35-19-21-49(67)30-31-52(60(77)78)65-54(70)32-29-48(59(75)76)43-50(68)44-86-39-38-85-36-34-62-53(69)24-20-41-88(79,80)66-55(71)23-15-13-11-9-7-5-3-2-4-6-8-10-12-14-18-42-89(81,82)83/h25-28,48,51-52H,2-24,29-45H2,1H3,(H2,61,73)(H,62,69)(H,63,74)(H,64,72)(H,65,70)(H,66,71)(H,75,76)(H,77,78)(H,81,82,83)/t48-,51+,52-/m1/s1. The largest absolute Gasteiger partial charge is 0.481 e. The van der Waals surface area contributed by atoms with Gasteiger partial charge in [-0.2, -0.15) is 8.42 Å². The molecule has 3 atom stereocenters. The number of sulfonamides is 1. The van der Waals surface area contributed by atoms with Crippen LogP contribution < -0.4 is 31.7 Å². The SMILES string of the molecule is Cc1ccc(C(=O)NCCCC[C@H](NC(=O)COCCOCCCC(=O)CC[C@@H](NC(=O)CC[C@H](CC(=O)COCCOCCNC(=O)CCCS(=O)(=O)NC(=O)CCCCCCCCCCCCCCCCCS(=O)(=O)O)C(=O)O)C(=O)O)C(N)=O)cc1. The van der Waals surface area contributed by atoms with Crippen LogP contribution in [0.25, 0.3) is 0 Å². The van der Waals surface area contributed by atoms with Crippen molar-refractivity contribution < 1.29 is 98.5 Å². The molecule has 0 fully saturated rings. The molecular weight excluding hydrogens is 1200 g/mol. The molecule has 10 N–H and O–H groups in total. The minimum Gasteiger partial charge on any atom is -0.481 e. The molecule has 0 bridgehead atoms. The first-order valence-electron chi connectivity index (χ1n) is 31.2. The normalized spacial score (nSPS) is 12.5. The lowest BCUT2D eigenvalue weighted by atomic mass is 9.97. The fourth-order valence-electron chi connectivity index (χ4n) is 8.99. The molecule has 0 saturated heterocycles. The monoisotopic (exact) mass is 1300 g/mol. The van der Waals surface area contributed by atoms with Crippen LogP contribution in [0.1, 0.15) is 196 Å². The summed E-state index contributed by atoms with van der Waals surface area (Å²) in [5, 5.41) is 29.5. The van der Waals surface area contributed by atoms with Crippen LogP contribution >= 0.6 is 0 Å². The fourth-order valence-corrected chi connectivity index (χ4v) is 10.6. The second-order valence-corrected chi connectivity index (χ2v) is 25.5. The summed E-state index contributed by atoms with van der Waals surface area (Å²) in [6.45, 7) is 1.95. The molecule has 0 radical (unpaired) electrons. The molecule has 508 valence electrons. The lowest BCUT2D eigenvalue weighted by molar-refractivity contribution is -0.145. The molecule has 0 aliphatic carbocycles. The van der Waals surface area contributed by atoms with Gasteiger partial charge in [0.1, 0.15) is 31.1 Å². The quantitative estimate of drug-likeness (QED) is 0.0319. The van der Waals surface area contributed by atoms with Gasteiger partial charge in [0, 0.05) is 63.8 Å². The molecule has 89 heavy (non-hydrogen) atoms. The minimum absolute atomic E-state index is 0.00692. The lowest BCUT2D eigenvalue weighted by Crippen LogP contribution is -2.45. The number of aryl methyl sites for hydroxylation is 1. The summed E-state index contributed by atoms with van der Waals surface area (Å²) in [5.41, 5.74) is 7.02. The number of ether oxygens (including phenoxy) is 4. The highest BCUT2D eigenvalue weighted by molar-refractivity contribution is 7.90. The van der Waals surface area contributed by atoms with Gasteiger partial charge in [-0.25, -0.2) is 13.2 Å². The van der Waals surface area contributed by atoms with Gasteiger partial charge >= 0.3 is 11.9 Å². The van der Waals surface area contributed by atoms with E-state index in [1.165, 1.54) is 19.3 Å². The molecular formula is C60H100N6O21S2. The zero-order valence-electron chi connectivity index (χ0n) is 51.9. The van der Waals surface area contributed by atoms with Gasteiger partial charge in [0.2, 0.25) is 39.6 Å². The lowest BCUT2D eigenvalue weighted by Gasteiger charge is -2.16. The number of primary amides is 1. The minimum atomic E-state index is -3.90. The number of hydrogen-bond acceptors (Lipinski definition) is 18. The van der Waals surface area contributed by atoms with Crippen molar-refractivity contribution in [2.75, 3.05) is 77.5 Å². The summed E-state index contributed by atoms with van der Waals surface area (Å²) in [7, 11) is -7.76. The topological polar surface area (TPSA) is 423 Å². The Bertz CT molecular complexity index is 2500. The molecule has 0 aromatic heterocycles. The van der Waals surface area contributed by atoms with E-state index in [-0.39, 0.29) is 122 Å². The van der Waals surface area contributed by atoms with Crippen LogP contribution in [-0.2, 0) is 82.2 Å². The van der Waals surface area contributed by atoms with E-state index in [2.05, 4.69) is 26.0 Å². The third kappa shape index (κ3) is 47.6. The summed E-state index contributed by atoms with van der Waals surface area (Å²) >= 11 is 0. The van der Waals surface area contributed by atoms with E-state index < -0.39 is 111 Å². The molecule has 1 aromatic carbocycles. The number of amides is 6. The van der Waals surface area contributed by atoms with Crippen molar-refractivity contribution in [3.63, 3.8) is 0 Å². The van der Waals surface area contributed by atoms with Crippen molar-refractivity contribution in [1.82, 2.24) is 26.0 Å². The Morgan fingerprint density at radius 1 is 0.472 bits per heavy atom. The van der Waals surface area contributed by atoms with Crippen LogP contribution in [0.3, 0.4) is 0 Å². The Morgan fingerprint density at radius 2 is 1.02 bits per heavy atom. The molecule has 0 aliphatic heterocycles. The van der Waals surface area contributed by atoms with Crippen molar-refractivity contribution >= 4 is 79.1 Å². The van der Waals surface area contributed by atoms with Crippen LogP contribution in [0.2, 0.25) is 0 Å². The maximum Gasteiger partial charge on any atom is 0.326 e. The number of carbonyl (C=O) groups excluding carboxylic acids is 8. The molecule has 29 heteroatoms. The van der Waals surface area contributed by atoms with E-state index in [9.17, 15) is 75.0 Å². The number of nitrogens with two attached hydrogens (primary N) is 1. The fraction of sp³-hybridized carbons (Fsp3) is 0.733. The predicted molar refractivity (Wildman–Crippen MR) is 329 cm³/mol. The van der Waals surface area contributed by atoms with Crippen molar-refractivity contribution in [2.45, 2.75) is 199 Å². The van der Waals surface area contributed by atoms with Crippen LogP contribution in [-0.4, -0.2) is 180 Å². The molecule has 1 aromatic rings. The Morgan fingerprint density at radius 3 is 1.61 bits per heavy atom. The smallest absolute Gasteiger partial charge is 0.326 e. The summed E-state index contributed by atoms with van der Waals surface area (Å²) in [5.74, 6) is -8.67. The van der Waals surface area contributed by atoms with Gasteiger partial charge in [0.15, 0.2) is 5.78 Å². The Labute approximate surface area is 524 Å². The highest BCUT2D eigenvalue weighted by Crippen LogP contribution is 2.16. The van der Waals surface area contributed by atoms with Gasteiger partial charge < -0.3 is 56.2 Å². The summed E-state index contributed by atoms with van der Waals surface area (Å²) < 4.78 is 78.4. The van der Waals surface area contributed by atoms with Crippen LogP contribution in [0, 0.1) is 12.8 Å². The molecule has 0 aliphatic rings. The number of unbranched alkanes of at least 4 members (excludes halogenated alkanes) is 15. The maximum absolute atomic E-state index is 12.6. The van der Waals surface area contributed by atoms with Gasteiger partial charge in [-0.05, 0) is 76.8 Å². The second-order valence-electron chi connectivity index (χ2n) is 22.1. The van der Waals surface area contributed by atoms with E-state index in [0.29, 0.717) is 44.2 Å². The summed E-state index contributed by atoms with van der Waals surface area (Å²) in [4.78, 5) is 122. The predicted octanol–water partition coefficient (Wildman–Crippen LogP) is 4.54. The van der Waals surface area contributed by atoms with E-state index in [4.69, 9.17) is 29.2 Å². The van der Waals surface area contributed by atoms with Crippen LogP contribution in [0.5, 0.6) is 0 Å². The number of hydrogen-bond donors (Lipinski definition) is 9. The number of rotatable bonds is 59. The highest BCUT2D eigenvalue weighted by Gasteiger charge is 2.26. The van der Waals surface area contributed by atoms with Crippen LogP contribution in [0.4, 0.5) is 0 Å². The number of carboxylic acid groups (broad SMARTS) is 2. The first kappa shape index (κ1) is 81.0. The molecule has 0 unspecified atom stereocenters. The number of carboxylic acids is 2. The van der Waals surface area contributed by atoms with Crippen LogP contribution in [0.15, 0.2) is 24.3 Å². The van der Waals surface area contributed by atoms with Gasteiger partial charge in [0.05, 0.1) is 50.5 Å². The second kappa shape index (κ2) is 49.8. The van der Waals surface area contributed by atoms with Crippen molar-refractivity contribution in [3.05, 3.63) is 35.4 Å². The van der Waals surface area contributed by atoms with E-state index in [1.54, 1.807) is 12.1 Å². The van der Waals surface area contributed by atoms with Crippen molar-refractivity contribution in [2.24, 2.45) is 11.7 Å². The maximum atomic E-state index is 12.6. The number of benzene rings is 1. The molecule has 27 nitrogen and oxygen atoms in total. The summed E-state index contributed by atoms with van der Waals surface area (Å²) in [6.07, 6.45) is 14.9. The first-order valence-corrected chi connectivity index (χ1v) is 34.4. The molecule has 0 spiro atoms. The first-order chi connectivity index (χ1) is 42.4. The molecule has 6 amide bonds. The molecule has 0 heterocycles. The average Bonchev–Trinajstić information content (AvgIpc) is 3.51. The summed E-state index contributed by atoms with van der Waals surface area (Å²) in [6, 6.07) is 4.79. The number of nitrogens with one attached hydrogen (secondary N) is 5. The average molecular weight is 1310 g/mol. The van der Waals surface area contributed by atoms with Gasteiger partial charge in [-0.1, -0.05) is 101 Å². The zero-order chi connectivity index (χ0) is 66.1. The Kier molecular flexibility index (Phi) is 45.3. The number of ketones is 2. The van der Waals surface area contributed by atoms with E-state index in [1.807, 2.05) is 19.1 Å². The van der Waals surface area contributed by atoms with E-state index in [0.717, 1.165) is 69.8 Å². The zero-order valence-corrected chi connectivity index (χ0v) is 53.5. The number of Topliss-reactive ketones (excluding diaryl/α,β-unsaturated/α-hetero) is 2. The van der Waals surface area contributed by atoms with Crippen molar-refractivity contribution in [1.29, 1.82) is 0 Å². The van der Waals surface area contributed by atoms with Gasteiger partial charge in [-0.3, -0.25) is 52.4 Å². The Hall–Kier alpha value is -5.98. The number of aliphatic carboxylic acids is 2. The van der Waals surface area contributed by atoms with Gasteiger partial charge in [0.25, 0.3) is 16.0 Å². The third-order valence-electron chi connectivity index (χ3n) is 14.0. The van der Waals surface area contributed by atoms with Crippen molar-refractivity contribution in [3.8, 4) is 0 Å².